The van der Waals surface area contributed by atoms with Gasteiger partial charge in [-0.2, -0.15) is 5.10 Å². The van der Waals surface area contributed by atoms with Crippen LogP contribution in [0.25, 0.3) is 0 Å². The first-order valence-electron chi connectivity index (χ1n) is 10.4. The quantitative estimate of drug-likeness (QED) is 0.549. The van der Waals surface area contributed by atoms with E-state index in [0.717, 1.165) is 16.8 Å². The zero-order valence-electron chi connectivity index (χ0n) is 18.4. The van der Waals surface area contributed by atoms with Crippen molar-refractivity contribution < 1.29 is 24.1 Å². The highest BCUT2D eigenvalue weighted by molar-refractivity contribution is 6.31. The van der Waals surface area contributed by atoms with Crippen LogP contribution in [0.15, 0.2) is 59.7 Å². The number of benzene rings is 3. The third-order valence-corrected chi connectivity index (χ3v) is 6.20. The van der Waals surface area contributed by atoms with Crippen LogP contribution in [-0.4, -0.2) is 37.2 Å². The molecule has 1 N–H and O–H groups in total. The lowest BCUT2D eigenvalue weighted by Crippen LogP contribution is -2.33. The molecule has 2 heterocycles. The van der Waals surface area contributed by atoms with E-state index in [4.69, 9.17) is 35.6 Å². The van der Waals surface area contributed by atoms with Crippen LogP contribution in [0.4, 0.5) is 0 Å². The number of aromatic hydroxyl groups is 1. The average Bonchev–Trinajstić information content (AvgIpc) is 3.29. The number of para-hydroxylation sites is 1. The second-order valence-electron chi connectivity index (χ2n) is 7.77. The molecule has 170 valence electrons. The Kier molecular flexibility index (Phi) is 5.42. The van der Waals surface area contributed by atoms with Gasteiger partial charge in [0, 0.05) is 28.1 Å². The van der Waals surface area contributed by atoms with Crippen LogP contribution in [0.1, 0.15) is 35.4 Å². The van der Waals surface area contributed by atoms with Crippen molar-refractivity contribution in [1.29, 1.82) is 0 Å². The lowest BCUT2D eigenvalue weighted by atomic mass is 9.95. The molecule has 3 aromatic rings. The molecule has 0 spiro atoms. The highest BCUT2D eigenvalue weighted by Crippen LogP contribution is 2.51. The first-order chi connectivity index (χ1) is 16.0. The molecule has 33 heavy (non-hydrogen) atoms. The van der Waals surface area contributed by atoms with E-state index in [1.54, 1.807) is 39.5 Å². The molecule has 3 aromatic carbocycles. The number of phenolic OH excluding ortho intramolecular Hbond substituents is 1. The standard InChI is InChI=1S/C25H23ClN2O5/c1-30-21-10-7-14(11-23(21)32-3)25-28-19(16-5-4-6-22(31-2)24(16)33-25)13-18(27-28)17-12-15(26)8-9-20(17)29/h4-12,19,25,29H,13H2,1-3H3/t19-,25+/m1/s1. The van der Waals surface area contributed by atoms with Crippen LogP contribution in [0.5, 0.6) is 28.7 Å². The van der Waals surface area contributed by atoms with E-state index in [1.165, 1.54) is 0 Å². The molecular weight excluding hydrogens is 444 g/mol. The maximum Gasteiger partial charge on any atom is 0.214 e. The summed E-state index contributed by atoms with van der Waals surface area (Å²) < 4.78 is 23.0. The van der Waals surface area contributed by atoms with Crippen molar-refractivity contribution in [2.45, 2.75) is 18.7 Å². The fourth-order valence-corrected chi connectivity index (χ4v) is 4.55. The van der Waals surface area contributed by atoms with Gasteiger partial charge in [-0.25, -0.2) is 5.01 Å². The Morgan fingerprint density at radius 3 is 2.52 bits per heavy atom. The molecule has 0 radical (unpaired) electrons. The van der Waals surface area contributed by atoms with Gasteiger partial charge in [0.1, 0.15) is 5.75 Å². The van der Waals surface area contributed by atoms with Gasteiger partial charge in [0.25, 0.3) is 0 Å². The smallest absolute Gasteiger partial charge is 0.214 e. The Labute approximate surface area is 196 Å². The van der Waals surface area contributed by atoms with Gasteiger partial charge in [-0.05, 0) is 42.5 Å². The number of methoxy groups -OCH3 is 3. The number of nitrogens with zero attached hydrogens (tertiary/aromatic N) is 2. The molecule has 0 aliphatic carbocycles. The molecule has 5 rings (SSSR count). The van der Waals surface area contributed by atoms with Gasteiger partial charge in [-0.3, -0.25) is 0 Å². The summed E-state index contributed by atoms with van der Waals surface area (Å²) in [6.07, 6.45) is 0.0266. The van der Waals surface area contributed by atoms with Crippen LogP contribution in [0, 0.1) is 0 Å². The SMILES string of the molecule is COc1ccc([C@@H]2Oc3c(OC)cccc3[C@H]3CC(c4cc(Cl)ccc4O)=NN32)cc1OC. The van der Waals surface area contributed by atoms with Crippen LogP contribution >= 0.6 is 11.6 Å². The molecule has 0 amide bonds. The molecule has 0 bridgehead atoms. The number of halogens is 1. The van der Waals surface area contributed by atoms with E-state index >= 15 is 0 Å². The third-order valence-electron chi connectivity index (χ3n) is 5.96. The molecular formula is C25H23ClN2O5. The first kappa shape index (κ1) is 21.3. The molecule has 0 fully saturated rings. The average molecular weight is 467 g/mol. The Bertz CT molecular complexity index is 1250. The number of rotatable bonds is 5. The summed E-state index contributed by atoms with van der Waals surface area (Å²) in [5.74, 6) is 2.68. The number of hydrogen-bond donors (Lipinski definition) is 1. The number of ether oxygens (including phenoxy) is 4. The summed E-state index contributed by atoms with van der Waals surface area (Å²) >= 11 is 6.21. The predicted octanol–water partition coefficient (Wildman–Crippen LogP) is 5.31. The van der Waals surface area contributed by atoms with Crippen molar-refractivity contribution >= 4 is 17.3 Å². The molecule has 0 saturated carbocycles. The van der Waals surface area contributed by atoms with E-state index in [-0.39, 0.29) is 11.8 Å². The summed E-state index contributed by atoms with van der Waals surface area (Å²) in [6.45, 7) is 0. The van der Waals surface area contributed by atoms with Crippen LogP contribution in [0.2, 0.25) is 5.02 Å². The first-order valence-corrected chi connectivity index (χ1v) is 10.8. The van der Waals surface area contributed by atoms with Gasteiger partial charge in [-0.15, -0.1) is 0 Å². The zero-order valence-corrected chi connectivity index (χ0v) is 19.2. The van der Waals surface area contributed by atoms with Gasteiger partial charge >= 0.3 is 0 Å². The summed E-state index contributed by atoms with van der Waals surface area (Å²) in [5.41, 5.74) is 3.14. The molecule has 0 saturated heterocycles. The van der Waals surface area contributed by atoms with Crippen LogP contribution in [-0.2, 0) is 0 Å². The van der Waals surface area contributed by atoms with Gasteiger partial charge in [0.15, 0.2) is 23.0 Å². The van der Waals surface area contributed by atoms with Gasteiger partial charge in [-0.1, -0.05) is 23.7 Å². The van der Waals surface area contributed by atoms with Crippen molar-refractivity contribution in [1.82, 2.24) is 5.01 Å². The minimum absolute atomic E-state index is 0.115. The minimum atomic E-state index is -0.544. The van der Waals surface area contributed by atoms with E-state index in [9.17, 15) is 5.11 Å². The Morgan fingerprint density at radius 1 is 0.970 bits per heavy atom. The van der Waals surface area contributed by atoms with Gasteiger partial charge < -0.3 is 24.1 Å². The second kappa shape index (κ2) is 8.41. The Morgan fingerprint density at radius 2 is 1.76 bits per heavy atom. The van der Waals surface area contributed by atoms with E-state index in [1.807, 2.05) is 41.4 Å². The van der Waals surface area contributed by atoms with Crippen molar-refractivity contribution in [3.63, 3.8) is 0 Å². The zero-order chi connectivity index (χ0) is 23.1. The number of fused-ring (bicyclic) bond motifs is 3. The molecule has 7 nitrogen and oxygen atoms in total. The van der Waals surface area contributed by atoms with Crippen molar-refractivity contribution in [2.75, 3.05) is 21.3 Å². The maximum atomic E-state index is 10.5. The summed E-state index contributed by atoms with van der Waals surface area (Å²) in [4.78, 5) is 0. The third kappa shape index (κ3) is 3.58. The topological polar surface area (TPSA) is 72.8 Å². The molecule has 2 aliphatic rings. The molecule has 2 atom stereocenters. The van der Waals surface area contributed by atoms with Crippen molar-refractivity contribution in [3.05, 3.63) is 76.3 Å². The van der Waals surface area contributed by atoms with Crippen molar-refractivity contribution in [3.8, 4) is 28.7 Å². The summed E-state index contributed by atoms with van der Waals surface area (Å²) in [7, 11) is 4.82. The lowest BCUT2D eigenvalue weighted by Gasteiger charge is -2.38. The monoisotopic (exact) mass is 466 g/mol. The molecule has 2 aliphatic heterocycles. The van der Waals surface area contributed by atoms with E-state index in [2.05, 4.69) is 0 Å². The van der Waals surface area contributed by atoms with E-state index in [0.29, 0.717) is 40.0 Å². The number of hydrogen-bond acceptors (Lipinski definition) is 7. The number of hydrazone groups is 1. The van der Waals surface area contributed by atoms with Crippen molar-refractivity contribution in [2.24, 2.45) is 5.10 Å². The maximum absolute atomic E-state index is 10.5. The normalized spacial score (nSPS) is 18.7. The molecule has 0 aromatic heterocycles. The minimum Gasteiger partial charge on any atom is -0.507 e. The van der Waals surface area contributed by atoms with E-state index < -0.39 is 6.23 Å². The highest BCUT2D eigenvalue weighted by Gasteiger charge is 2.42. The fourth-order valence-electron chi connectivity index (χ4n) is 4.37. The second-order valence-corrected chi connectivity index (χ2v) is 8.21. The van der Waals surface area contributed by atoms with Gasteiger partial charge in [0.05, 0.1) is 33.1 Å². The molecule has 8 heteroatoms. The van der Waals surface area contributed by atoms with Crippen LogP contribution < -0.4 is 18.9 Å². The van der Waals surface area contributed by atoms with Gasteiger partial charge in [0.2, 0.25) is 6.23 Å². The van der Waals surface area contributed by atoms with Crippen LogP contribution in [0.3, 0.4) is 0 Å². The largest absolute Gasteiger partial charge is 0.507 e. The highest BCUT2D eigenvalue weighted by atomic mass is 35.5. The Hall–Kier alpha value is -3.58. The Balaban J connectivity index is 1.64. The summed E-state index contributed by atoms with van der Waals surface area (Å²) in [6, 6.07) is 16.3. The lowest BCUT2D eigenvalue weighted by molar-refractivity contribution is -0.0210. The molecule has 0 unspecified atom stereocenters. The summed E-state index contributed by atoms with van der Waals surface area (Å²) in [5, 5.41) is 17.8. The fraction of sp³-hybridized carbons (Fsp3) is 0.240. The number of phenols is 1. The predicted molar refractivity (Wildman–Crippen MR) is 125 cm³/mol.